The third kappa shape index (κ3) is 5.53. The molecule has 0 bridgehead atoms. The van der Waals surface area contributed by atoms with Crippen LogP contribution in [0.3, 0.4) is 0 Å². The van der Waals surface area contributed by atoms with Crippen molar-refractivity contribution in [2.75, 3.05) is 31.9 Å². The van der Waals surface area contributed by atoms with Crippen molar-refractivity contribution in [2.24, 2.45) is 10.9 Å². The van der Waals surface area contributed by atoms with E-state index in [0.717, 1.165) is 44.6 Å². The monoisotopic (exact) mass is 371 g/mol. The zero-order valence-corrected chi connectivity index (χ0v) is 16.6. The second-order valence-electron chi connectivity index (χ2n) is 6.74. The van der Waals surface area contributed by atoms with E-state index < -0.39 is 0 Å². The summed E-state index contributed by atoms with van der Waals surface area (Å²) >= 11 is 1.96. The Labute approximate surface area is 160 Å². The summed E-state index contributed by atoms with van der Waals surface area (Å²) in [5.41, 5.74) is 1.19. The van der Waals surface area contributed by atoms with Gasteiger partial charge in [0.2, 0.25) is 0 Å². The van der Waals surface area contributed by atoms with Gasteiger partial charge in [0.1, 0.15) is 0 Å². The van der Waals surface area contributed by atoms with Gasteiger partial charge in [0.25, 0.3) is 0 Å². The Kier molecular flexibility index (Phi) is 7.00. The first-order chi connectivity index (χ1) is 12.7. The molecule has 6 heteroatoms. The van der Waals surface area contributed by atoms with E-state index in [-0.39, 0.29) is 0 Å². The van der Waals surface area contributed by atoms with Crippen LogP contribution in [0.15, 0.2) is 52.6 Å². The van der Waals surface area contributed by atoms with Crippen molar-refractivity contribution in [3.63, 3.8) is 0 Å². The molecule has 1 aliphatic rings. The van der Waals surface area contributed by atoms with Crippen molar-refractivity contribution < 1.29 is 0 Å². The number of aromatic nitrogens is 2. The van der Waals surface area contributed by atoms with Crippen molar-refractivity contribution in [1.82, 2.24) is 20.0 Å². The van der Waals surface area contributed by atoms with E-state index in [1.807, 2.05) is 22.6 Å². The van der Waals surface area contributed by atoms with Crippen LogP contribution in [0.4, 0.5) is 0 Å². The molecule has 26 heavy (non-hydrogen) atoms. The summed E-state index contributed by atoms with van der Waals surface area (Å²) in [7, 11) is 0. The number of nitrogens with zero attached hydrogens (tertiary/aromatic N) is 4. The lowest BCUT2D eigenvalue weighted by Gasteiger charge is -2.21. The Morgan fingerprint density at radius 3 is 2.92 bits per heavy atom. The van der Waals surface area contributed by atoms with E-state index in [0.29, 0.717) is 0 Å². The van der Waals surface area contributed by atoms with Crippen LogP contribution in [-0.4, -0.2) is 52.6 Å². The molecule has 1 fully saturated rings. The number of aryl methyl sites for hydroxylation is 1. The quantitative estimate of drug-likeness (QED) is 0.461. The van der Waals surface area contributed by atoms with E-state index in [2.05, 4.69) is 65.7 Å². The summed E-state index contributed by atoms with van der Waals surface area (Å²) in [5, 5.41) is 7.78. The first kappa shape index (κ1) is 18.8. The largest absolute Gasteiger partial charge is 0.357 e. The highest BCUT2D eigenvalue weighted by Gasteiger charge is 2.24. The molecule has 1 atom stereocenters. The van der Waals surface area contributed by atoms with Crippen LogP contribution in [0.5, 0.6) is 0 Å². The van der Waals surface area contributed by atoms with Crippen LogP contribution in [0.1, 0.15) is 18.9 Å². The lowest BCUT2D eigenvalue weighted by atomic mass is 10.2. The fourth-order valence-electron chi connectivity index (χ4n) is 3.17. The van der Waals surface area contributed by atoms with E-state index in [4.69, 9.17) is 4.99 Å². The van der Waals surface area contributed by atoms with Crippen molar-refractivity contribution in [3.05, 3.63) is 48.3 Å². The van der Waals surface area contributed by atoms with Crippen molar-refractivity contribution in [2.45, 2.75) is 31.7 Å². The standard InChI is InChI=1S/C20H29N5S/c1-3-21-20(22-10-12-25-14-17(2)13-23-25)24-11-9-18(15-24)16-26-19-7-5-4-6-8-19/h4-8,13-14,18H,3,9-12,15-16H2,1-2H3,(H,21,22). The van der Waals surface area contributed by atoms with Crippen molar-refractivity contribution in [3.8, 4) is 0 Å². The van der Waals surface area contributed by atoms with E-state index in [1.165, 1.54) is 22.6 Å². The number of benzene rings is 1. The molecule has 140 valence electrons. The van der Waals surface area contributed by atoms with Gasteiger partial charge < -0.3 is 10.2 Å². The summed E-state index contributed by atoms with van der Waals surface area (Å²) in [4.78, 5) is 8.59. The van der Waals surface area contributed by atoms with Crippen LogP contribution in [0, 0.1) is 12.8 Å². The van der Waals surface area contributed by atoms with Crippen LogP contribution in [0.25, 0.3) is 0 Å². The number of guanidine groups is 1. The third-order valence-corrected chi connectivity index (χ3v) is 5.75. The van der Waals surface area contributed by atoms with Gasteiger partial charge in [-0.3, -0.25) is 9.67 Å². The molecule has 5 nitrogen and oxygen atoms in total. The SMILES string of the molecule is CCNC(=NCCn1cc(C)cn1)N1CCC(CSc2ccccc2)C1. The lowest BCUT2D eigenvalue weighted by molar-refractivity contribution is 0.472. The highest BCUT2D eigenvalue weighted by atomic mass is 32.2. The molecule has 0 radical (unpaired) electrons. The van der Waals surface area contributed by atoms with Crippen molar-refractivity contribution >= 4 is 17.7 Å². The second-order valence-corrected chi connectivity index (χ2v) is 7.83. The number of rotatable bonds is 7. The molecule has 3 rings (SSSR count). The minimum absolute atomic E-state index is 0.720. The Morgan fingerprint density at radius 2 is 2.19 bits per heavy atom. The van der Waals surface area contributed by atoms with Crippen LogP contribution < -0.4 is 5.32 Å². The molecule has 1 aromatic carbocycles. The zero-order valence-electron chi connectivity index (χ0n) is 15.8. The van der Waals surface area contributed by atoms with E-state index >= 15 is 0 Å². The normalized spacial score (nSPS) is 17.7. The third-order valence-electron chi connectivity index (χ3n) is 4.50. The average molecular weight is 372 g/mol. The average Bonchev–Trinajstić information content (AvgIpc) is 3.29. The second kappa shape index (κ2) is 9.67. The molecular formula is C20H29N5S. The van der Waals surface area contributed by atoms with E-state index in [9.17, 15) is 0 Å². The number of thioether (sulfide) groups is 1. The van der Waals surface area contributed by atoms with Gasteiger partial charge in [0.05, 0.1) is 19.3 Å². The molecule has 1 saturated heterocycles. The Hall–Kier alpha value is -1.95. The molecule has 2 aromatic rings. The fraction of sp³-hybridized carbons (Fsp3) is 0.500. The maximum Gasteiger partial charge on any atom is 0.193 e. The number of hydrogen-bond donors (Lipinski definition) is 1. The predicted molar refractivity (Wildman–Crippen MR) is 110 cm³/mol. The summed E-state index contributed by atoms with van der Waals surface area (Å²) in [6.07, 6.45) is 5.20. The topological polar surface area (TPSA) is 45.5 Å². The fourth-order valence-corrected chi connectivity index (χ4v) is 4.22. The molecule has 1 aromatic heterocycles. The lowest BCUT2D eigenvalue weighted by Crippen LogP contribution is -2.40. The number of hydrogen-bond acceptors (Lipinski definition) is 3. The molecule has 1 N–H and O–H groups in total. The molecule has 0 aliphatic carbocycles. The molecular weight excluding hydrogens is 342 g/mol. The van der Waals surface area contributed by atoms with Gasteiger partial charge >= 0.3 is 0 Å². The van der Waals surface area contributed by atoms with Crippen molar-refractivity contribution in [1.29, 1.82) is 0 Å². The Morgan fingerprint density at radius 1 is 1.35 bits per heavy atom. The van der Waals surface area contributed by atoms with Gasteiger partial charge in [-0.2, -0.15) is 5.10 Å². The predicted octanol–water partition coefficient (Wildman–Crippen LogP) is 3.27. The summed E-state index contributed by atoms with van der Waals surface area (Å²) in [6.45, 7) is 8.85. The maximum atomic E-state index is 4.82. The Balaban J connectivity index is 1.49. The molecule has 1 unspecified atom stereocenters. The smallest absolute Gasteiger partial charge is 0.193 e. The van der Waals surface area contributed by atoms with Crippen LogP contribution >= 0.6 is 11.8 Å². The van der Waals surface area contributed by atoms with Gasteiger partial charge in [-0.1, -0.05) is 18.2 Å². The van der Waals surface area contributed by atoms with Gasteiger partial charge in [0, 0.05) is 36.5 Å². The number of likely N-dealkylation sites (tertiary alicyclic amines) is 1. The number of nitrogens with one attached hydrogen (secondary N) is 1. The van der Waals surface area contributed by atoms with Crippen LogP contribution in [0.2, 0.25) is 0 Å². The summed E-state index contributed by atoms with van der Waals surface area (Å²) in [5.74, 6) is 2.94. The maximum absolute atomic E-state index is 4.82. The summed E-state index contributed by atoms with van der Waals surface area (Å²) < 4.78 is 1.96. The first-order valence-electron chi connectivity index (χ1n) is 9.44. The van der Waals surface area contributed by atoms with Gasteiger partial charge in [-0.15, -0.1) is 11.8 Å². The molecule has 0 saturated carbocycles. The van der Waals surface area contributed by atoms with Gasteiger partial charge in [0.15, 0.2) is 5.96 Å². The minimum atomic E-state index is 0.720. The highest BCUT2D eigenvalue weighted by Crippen LogP contribution is 2.25. The molecule has 0 spiro atoms. The van der Waals surface area contributed by atoms with Gasteiger partial charge in [-0.05, 0) is 43.9 Å². The van der Waals surface area contributed by atoms with E-state index in [1.54, 1.807) is 0 Å². The van der Waals surface area contributed by atoms with Gasteiger partial charge in [-0.25, -0.2) is 0 Å². The molecule has 2 heterocycles. The minimum Gasteiger partial charge on any atom is -0.357 e. The Bertz CT molecular complexity index is 697. The molecule has 0 amide bonds. The zero-order chi connectivity index (χ0) is 18.2. The number of aliphatic imine (C=N–C) groups is 1. The summed E-state index contributed by atoms with van der Waals surface area (Å²) in [6, 6.07) is 10.7. The highest BCUT2D eigenvalue weighted by molar-refractivity contribution is 7.99. The first-order valence-corrected chi connectivity index (χ1v) is 10.4. The molecule has 1 aliphatic heterocycles. The van der Waals surface area contributed by atoms with Crippen LogP contribution in [-0.2, 0) is 6.54 Å².